The molecular weight excluding hydrogens is 259 g/mol. The Kier molecular flexibility index (Phi) is 4.22. The summed E-state index contributed by atoms with van der Waals surface area (Å²) in [6, 6.07) is 3.74. The molecule has 0 fully saturated rings. The lowest BCUT2D eigenvalue weighted by molar-refractivity contribution is -0.132. The van der Waals surface area contributed by atoms with E-state index < -0.39 is 25.0 Å². The largest absolute Gasteiger partial charge is 0.507 e. The third-order valence-corrected chi connectivity index (χ3v) is 2.13. The molecule has 1 aromatic rings. The van der Waals surface area contributed by atoms with Gasteiger partial charge in [-0.3, -0.25) is 4.79 Å². The molecule has 3 nitrogen and oxygen atoms in total. The van der Waals surface area contributed by atoms with Gasteiger partial charge in [0.1, 0.15) is 5.75 Å². The lowest BCUT2D eigenvalue weighted by Crippen LogP contribution is -2.27. The fraction of sp³-hybridized carbons (Fsp3) is 0.300. The highest BCUT2D eigenvalue weighted by atomic mass is 35.5. The number of nitrogens with one attached hydrogen (secondary N) is 1. The van der Waals surface area contributed by atoms with Gasteiger partial charge in [-0.1, -0.05) is 11.6 Å². The third-order valence-electron chi connectivity index (χ3n) is 1.90. The first kappa shape index (κ1) is 13.6. The van der Waals surface area contributed by atoms with E-state index in [1.807, 2.05) is 0 Å². The summed E-state index contributed by atoms with van der Waals surface area (Å²) in [6.07, 6.45) is -5.44. The summed E-state index contributed by atoms with van der Waals surface area (Å²) < 4.78 is 35.5. The van der Waals surface area contributed by atoms with Gasteiger partial charge in [-0.25, -0.2) is 0 Å². The van der Waals surface area contributed by atoms with Gasteiger partial charge in [-0.15, -0.1) is 0 Å². The first-order valence-corrected chi connectivity index (χ1v) is 5.01. The van der Waals surface area contributed by atoms with Gasteiger partial charge < -0.3 is 10.4 Å². The van der Waals surface area contributed by atoms with E-state index in [-0.39, 0.29) is 16.3 Å². The first-order valence-electron chi connectivity index (χ1n) is 4.63. The maximum Gasteiger partial charge on any atom is 0.390 e. The molecule has 0 spiro atoms. The molecule has 0 aliphatic heterocycles. The molecule has 0 saturated heterocycles. The standard InChI is InChI=1S/C10H9ClF3NO2/c11-6-1-2-7(8(16)5-6)9(17)15-4-3-10(12,13)14/h1-2,5,16H,3-4H2,(H,15,17). The van der Waals surface area contributed by atoms with Gasteiger partial charge in [-0.2, -0.15) is 13.2 Å². The van der Waals surface area contributed by atoms with Crippen molar-refractivity contribution in [1.29, 1.82) is 0 Å². The monoisotopic (exact) mass is 267 g/mol. The molecule has 0 aromatic heterocycles. The fourth-order valence-electron chi connectivity index (χ4n) is 1.11. The molecule has 1 amide bonds. The summed E-state index contributed by atoms with van der Waals surface area (Å²) in [6.45, 7) is -0.537. The minimum atomic E-state index is -4.32. The Morgan fingerprint density at radius 1 is 1.41 bits per heavy atom. The number of benzene rings is 1. The summed E-state index contributed by atoms with van der Waals surface area (Å²) in [5, 5.41) is 11.6. The van der Waals surface area contributed by atoms with Crippen molar-refractivity contribution in [2.75, 3.05) is 6.54 Å². The van der Waals surface area contributed by atoms with E-state index in [1.165, 1.54) is 12.1 Å². The number of rotatable bonds is 3. The van der Waals surface area contributed by atoms with Crippen molar-refractivity contribution in [3.05, 3.63) is 28.8 Å². The Morgan fingerprint density at radius 3 is 2.59 bits per heavy atom. The minimum absolute atomic E-state index is 0.114. The Labute approximate surface area is 100 Å². The zero-order chi connectivity index (χ0) is 13.1. The van der Waals surface area contributed by atoms with Crippen molar-refractivity contribution < 1.29 is 23.1 Å². The van der Waals surface area contributed by atoms with Crippen LogP contribution in [0.25, 0.3) is 0 Å². The number of carbonyl (C=O) groups is 1. The van der Waals surface area contributed by atoms with Crippen LogP contribution in [-0.2, 0) is 0 Å². The Hall–Kier alpha value is -1.43. The Morgan fingerprint density at radius 2 is 2.06 bits per heavy atom. The molecule has 17 heavy (non-hydrogen) atoms. The van der Waals surface area contributed by atoms with E-state index >= 15 is 0 Å². The second-order valence-electron chi connectivity index (χ2n) is 3.28. The van der Waals surface area contributed by atoms with Crippen LogP contribution in [0.1, 0.15) is 16.8 Å². The van der Waals surface area contributed by atoms with Gasteiger partial charge in [0.15, 0.2) is 0 Å². The molecule has 0 saturated carbocycles. The van der Waals surface area contributed by atoms with Crippen LogP contribution in [-0.4, -0.2) is 23.7 Å². The van der Waals surface area contributed by atoms with Crippen molar-refractivity contribution >= 4 is 17.5 Å². The molecule has 94 valence electrons. The second kappa shape index (κ2) is 5.27. The number of amides is 1. The average Bonchev–Trinajstić information content (AvgIpc) is 2.15. The van der Waals surface area contributed by atoms with Gasteiger partial charge in [0.2, 0.25) is 0 Å². The number of alkyl halides is 3. The van der Waals surface area contributed by atoms with Crippen LogP contribution in [0.15, 0.2) is 18.2 Å². The Bertz CT molecular complexity index is 421. The number of aromatic hydroxyl groups is 1. The quantitative estimate of drug-likeness (QED) is 0.885. The highest BCUT2D eigenvalue weighted by molar-refractivity contribution is 6.30. The molecular formula is C10H9ClF3NO2. The maximum atomic E-state index is 11.8. The van der Waals surface area contributed by atoms with Crippen LogP contribution in [0.3, 0.4) is 0 Å². The molecule has 0 aliphatic rings. The van der Waals surface area contributed by atoms with Crippen molar-refractivity contribution in [3.8, 4) is 5.75 Å². The number of phenolic OH excluding ortho intramolecular Hbond substituents is 1. The van der Waals surface area contributed by atoms with E-state index in [4.69, 9.17) is 11.6 Å². The molecule has 1 aromatic carbocycles. The van der Waals surface area contributed by atoms with Crippen LogP contribution >= 0.6 is 11.6 Å². The maximum absolute atomic E-state index is 11.8. The van der Waals surface area contributed by atoms with Crippen molar-refractivity contribution in [2.45, 2.75) is 12.6 Å². The van der Waals surface area contributed by atoms with Crippen molar-refractivity contribution in [2.24, 2.45) is 0 Å². The zero-order valence-electron chi connectivity index (χ0n) is 8.51. The van der Waals surface area contributed by atoms with Crippen molar-refractivity contribution in [1.82, 2.24) is 5.32 Å². The summed E-state index contributed by atoms with van der Waals surface area (Å²) in [7, 11) is 0. The van der Waals surface area contributed by atoms with Crippen LogP contribution in [0.5, 0.6) is 5.75 Å². The van der Waals surface area contributed by atoms with Crippen LogP contribution in [0.4, 0.5) is 13.2 Å². The van der Waals surface area contributed by atoms with E-state index in [2.05, 4.69) is 5.32 Å². The number of carbonyl (C=O) groups excluding carboxylic acids is 1. The summed E-state index contributed by atoms with van der Waals surface area (Å²) in [5.74, 6) is -1.15. The van der Waals surface area contributed by atoms with E-state index in [9.17, 15) is 23.1 Å². The van der Waals surface area contributed by atoms with E-state index in [1.54, 1.807) is 0 Å². The summed E-state index contributed by atoms with van der Waals surface area (Å²) in [5.41, 5.74) is -0.114. The molecule has 0 bridgehead atoms. The predicted molar refractivity (Wildman–Crippen MR) is 56.1 cm³/mol. The molecule has 0 aliphatic carbocycles. The number of hydrogen-bond acceptors (Lipinski definition) is 2. The van der Waals surface area contributed by atoms with Gasteiger partial charge >= 0.3 is 6.18 Å². The summed E-state index contributed by atoms with van der Waals surface area (Å²) >= 11 is 5.55. The molecule has 0 radical (unpaired) electrons. The SMILES string of the molecule is O=C(NCCC(F)(F)F)c1ccc(Cl)cc1O. The minimum Gasteiger partial charge on any atom is -0.507 e. The highest BCUT2D eigenvalue weighted by Gasteiger charge is 2.26. The van der Waals surface area contributed by atoms with Gasteiger partial charge in [-0.05, 0) is 18.2 Å². The predicted octanol–water partition coefficient (Wildman–Crippen LogP) is 2.73. The summed E-state index contributed by atoms with van der Waals surface area (Å²) in [4.78, 5) is 11.4. The first-order chi connectivity index (χ1) is 7.79. The third kappa shape index (κ3) is 4.52. The molecule has 2 N–H and O–H groups in total. The van der Waals surface area contributed by atoms with Crippen LogP contribution in [0, 0.1) is 0 Å². The van der Waals surface area contributed by atoms with Crippen molar-refractivity contribution in [3.63, 3.8) is 0 Å². The number of hydrogen-bond donors (Lipinski definition) is 2. The lowest BCUT2D eigenvalue weighted by atomic mass is 10.2. The zero-order valence-corrected chi connectivity index (χ0v) is 9.27. The van der Waals surface area contributed by atoms with Crippen LogP contribution in [0.2, 0.25) is 5.02 Å². The highest BCUT2D eigenvalue weighted by Crippen LogP contribution is 2.22. The topological polar surface area (TPSA) is 49.3 Å². The second-order valence-corrected chi connectivity index (χ2v) is 3.72. The van der Waals surface area contributed by atoms with Gasteiger partial charge in [0.05, 0.1) is 12.0 Å². The van der Waals surface area contributed by atoms with Gasteiger partial charge in [0.25, 0.3) is 5.91 Å². The lowest BCUT2D eigenvalue weighted by Gasteiger charge is -2.08. The molecule has 7 heteroatoms. The molecule has 0 unspecified atom stereocenters. The number of halogens is 4. The van der Waals surface area contributed by atoms with E-state index in [0.29, 0.717) is 0 Å². The molecule has 0 heterocycles. The fourth-order valence-corrected chi connectivity index (χ4v) is 1.28. The number of phenols is 1. The smallest absolute Gasteiger partial charge is 0.390 e. The molecule has 1 rings (SSSR count). The molecule has 0 atom stereocenters. The average molecular weight is 268 g/mol. The Balaban J connectivity index is 2.59. The normalized spacial score (nSPS) is 11.3. The van der Waals surface area contributed by atoms with Crippen LogP contribution < -0.4 is 5.32 Å². The van der Waals surface area contributed by atoms with E-state index in [0.717, 1.165) is 6.07 Å². The van der Waals surface area contributed by atoms with Gasteiger partial charge in [0, 0.05) is 11.6 Å².